The first-order chi connectivity index (χ1) is 12.9. The van der Waals surface area contributed by atoms with E-state index in [1.165, 1.54) is 30.3 Å². The van der Waals surface area contributed by atoms with E-state index in [0.717, 1.165) is 9.80 Å². The molecule has 0 N–H and O–H groups in total. The number of imide groups is 2. The van der Waals surface area contributed by atoms with Crippen LogP contribution in [-0.2, 0) is 16.1 Å². The van der Waals surface area contributed by atoms with Crippen molar-refractivity contribution in [2.24, 2.45) is 0 Å². The minimum absolute atomic E-state index is 0.110. The number of anilines is 1. The zero-order valence-electron chi connectivity index (χ0n) is 14.3. The van der Waals surface area contributed by atoms with Gasteiger partial charge in [0.25, 0.3) is 5.69 Å². The topological polar surface area (TPSA) is 110 Å². The lowest BCUT2D eigenvalue weighted by Crippen LogP contribution is -2.33. The van der Waals surface area contributed by atoms with Crippen LogP contribution in [0.4, 0.5) is 16.2 Å². The van der Waals surface area contributed by atoms with Crippen molar-refractivity contribution in [1.82, 2.24) is 4.90 Å². The lowest BCUT2D eigenvalue weighted by atomic mass is 10.2. The summed E-state index contributed by atoms with van der Waals surface area (Å²) in [7, 11) is 0. The Morgan fingerprint density at radius 2 is 1.67 bits per heavy atom. The molecule has 4 amide bonds. The van der Waals surface area contributed by atoms with Crippen LogP contribution in [0.25, 0.3) is 0 Å². The van der Waals surface area contributed by atoms with Gasteiger partial charge in [0.15, 0.2) is 0 Å². The van der Waals surface area contributed by atoms with Gasteiger partial charge in [0, 0.05) is 12.1 Å². The summed E-state index contributed by atoms with van der Waals surface area (Å²) < 4.78 is 5.43. The number of benzene rings is 2. The third-order valence-corrected chi connectivity index (χ3v) is 3.95. The van der Waals surface area contributed by atoms with Crippen molar-refractivity contribution in [2.75, 3.05) is 11.5 Å². The van der Waals surface area contributed by atoms with E-state index in [1.807, 2.05) is 0 Å². The van der Waals surface area contributed by atoms with Crippen LogP contribution in [0.5, 0.6) is 5.75 Å². The molecular weight excluding hydrogens is 354 g/mol. The second-order valence-electron chi connectivity index (χ2n) is 5.64. The van der Waals surface area contributed by atoms with E-state index < -0.39 is 22.8 Å². The van der Waals surface area contributed by atoms with Gasteiger partial charge in [-0.15, -0.1) is 0 Å². The number of ether oxygens (including phenoxy) is 1. The minimum Gasteiger partial charge on any atom is -0.492 e. The Kier molecular flexibility index (Phi) is 4.84. The first-order valence-electron chi connectivity index (χ1n) is 8.09. The highest BCUT2D eigenvalue weighted by Crippen LogP contribution is 2.32. The molecule has 0 unspecified atom stereocenters. The average Bonchev–Trinajstić information content (AvgIpc) is 2.86. The lowest BCUT2D eigenvalue weighted by molar-refractivity contribution is -0.384. The maximum absolute atomic E-state index is 12.7. The summed E-state index contributed by atoms with van der Waals surface area (Å²) in [5.41, 5.74) is 0.560. The highest BCUT2D eigenvalue weighted by Gasteiger charge is 2.46. The molecule has 2 aromatic carbocycles. The molecule has 1 aliphatic rings. The molecule has 9 heteroatoms. The summed E-state index contributed by atoms with van der Waals surface area (Å²) in [6, 6.07) is 11.0. The predicted octanol–water partition coefficient (Wildman–Crippen LogP) is 2.49. The van der Waals surface area contributed by atoms with E-state index in [9.17, 15) is 24.5 Å². The Morgan fingerprint density at radius 3 is 2.30 bits per heavy atom. The Labute approximate surface area is 153 Å². The summed E-state index contributed by atoms with van der Waals surface area (Å²) >= 11 is 0. The number of para-hydroxylation sites is 2. The summed E-state index contributed by atoms with van der Waals surface area (Å²) in [5, 5.41) is 10.7. The molecule has 0 radical (unpaired) electrons. The number of hydrogen-bond donors (Lipinski definition) is 0. The van der Waals surface area contributed by atoms with E-state index in [0.29, 0.717) is 17.9 Å². The molecule has 0 aromatic heterocycles. The van der Waals surface area contributed by atoms with Gasteiger partial charge in [-0.1, -0.05) is 24.3 Å². The SMILES string of the molecule is CCOc1ccccc1N1C(=O)C(=O)N(Cc2ccc([N+](=O)[O-])cc2)C1=O. The van der Waals surface area contributed by atoms with E-state index >= 15 is 0 Å². The van der Waals surface area contributed by atoms with Crippen LogP contribution in [0.3, 0.4) is 0 Å². The quantitative estimate of drug-likeness (QED) is 0.335. The van der Waals surface area contributed by atoms with Crippen LogP contribution >= 0.6 is 0 Å². The molecule has 1 aliphatic heterocycles. The first kappa shape index (κ1) is 18.1. The summed E-state index contributed by atoms with van der Waals surface area (Å²) in [6.45, 7) is 1.92. The van der Waals surface area contributed by atoms with Gasteiger partial charge >= 0.3 is 17.8 Å². The van der Waals surface area contributed by atoms with Crippen molar-refractivity contribution in [3.05, 3.63) is 64.2 Å². The van der Waals surface area contributed by atoms with Crippen molar-refractivity contribution >= 4 is 29.2 Å². The zero-order chi connectivity index (χ0) is 19.6. The fourth-order valence-corrected chi connectivity index (χ4v) is 2.68. The van der Waals surface area contributed by atoms with Crippen molar-refractivity contribution in [3.8, 4) is 5.75 Å². The average molecular weight is 369 g/mol. The molecule has 1 fully saturated rings. The van der Waals surface area contributed by atoms with Crippen molar-refractivity contribution < 1.29 is 24.0 Å². The molecule has 0 spiro atoms. The zero-order valence-corrected chi connectivity index (χ0v) is 14.3. The molecule has 1 saturated heterocycles. The highest BCUT2D eigenvalue weighted by atomic mass is 16.6. The molecule has 0 aliphatic carbocycles. The number of nitrogens with zero attached hydrogens (tertiary/aromatic N) is 3. The second-order valence-corrected chi connectivity index (χ2v) is 5.64. The van der Waals surface area contributed by atoms with E-state index in [1.54, 1.807) is 25.1 Å². The van der Waals surface area contributed by atoms with Crippen LogP contribution in [0.15, 0.2) is 48.5 Å². The van der Waals surface area contributed by atoms with Crippen LogP contribution in [0.2, 0.25) is 0 Å². The van der Waals surface area contributed by atoms with Gasteiger partial charge in [0.05, 0.1) is 23.8 Å². The van der Waals surface area contributed by atoms with E-state index in [4.69, 9.17) is 4.74 Å². The Hall–Kier alpha value is -3.75. The molecule has 0 saturated carbocycles. The standard InChI is InChI=1S/C18H15N3O6/c1-2-27-15-6-4-3-5-14(15)20-17(23)16(22)19(18(20)24)11-12-7-9-13(10-8-12)21(25)26/h3-10H,2,11H2,1H3. The molecule has 138 valence electrons. The number of nitro groups is 1. The lowest BCUT2D eigenvalue weighted by Gasteiger charge is -2.18. The number of non-ortho nitro benzene ring substituents is 1. The van der Waals surface area contributed by atoms with Gasteiger partial charge in [0.2, 0.25) is 0 Å². The first-order valence-corrected chi connectivity index (χ1v) is 8.09. The van der Waals surface area contributed by atoms with Gasteiger partial charge in [-0.05, 0) is 24.6 Å². The molecule has 0 atom stereocenters. The van der Waals surface area contributed by atoms with Crippen LogP contribution in [0.1, 0.15) is 12.5 Å². The van der Waals surface area contributed by atoms with Crippen LogP contribution in [0, 0.1) is 10.1 Å². The number of nitro benzene ring substituents is 1. The monoisotopic (exact) mass is 369 g/mol. The molecular formula is C18H15N3O6. The van der Waals surface area contributed by atoms with Gasteiger partial charge in [0.1, 0.15) is 5.75 Å². The largest absolute Gasteiger partial charge is 0.492 e. The summed E-state index contributed by atoms with van der Waals surface area (Å²) in [6.07, 6.45) is 0. The molecule has 3 rings (SSSR count). The molecule has 0 bridgehead atoms. The Morgan fingerprint density at radius 1 is 1.00 bits per heavy atom. The number of rotatable bonds is 6. The molecule has 2 aromatic rings. The predicted molar refractivity (Wildman–Crippen MR) is 94.1 cm³/mol. The van der Waals surface area contributed by atoms with Gasteiger partial charge in [-0.3, -0.25) is 24.6 Å². The maximum atomic E-state index is 12.7. The third kappa shape index (κ3) is 3.34. The molecule has 1 heterocycles. The van der Waals surface area contributed by atoms with Crippen LogP contribution < -0.4 is 9.64 Å². The third-order valence-electron chi connectivity index (χ3n) is 3.95. The Balaban J connectivity index is 1.87. The van der Waals surface area contributed by atoms with E-state index in [-0.39, 0.29) is 17.9 Å². The molecule has 9 nitrogen and oxygen atoms in total. The van der Waals surface area contributed by atoms with Crippen LogP contribution in [-0.4, -0.2) is 34.3 Å². The van der Waals surface area contributed by atoms with Gasteiger partial charge < -0.3 is 4.74 Å². The number of carbonyl (C=O) groups excluding carboxylic acids is 3. The number of urea groups is 1. The fraction of sp³-hybridized carbons (Fsp3) is 0.167. The summed E-state index contributed by atoms with van der Waals surface area (Å²) in [4.78, 5) is 49.1. The summed E-state index contributed by atoms with van der Waals surface area (Å²) in [5.74, 6) is -1.63. The van der Waals surface area contributed by atoms with Gasteiger partial charge in [-0.2, -0.15) is 0 Å². The maximum Gasteiger partial charge on any atom is 0.339 e. The number of amides is 4. The highest BCUT2D eigenvalue weighted by molar-refractivity contribution is 6.52. The van der Waals surface area contributed by atoms with Crippen molar-refractivity contribution in [3.63, 3.8) is 0 Å². The van der Waals surface area contributed by atoms with Gasteiger partial charge in [-0.25, -0.2) is 9.69 Å². The number of carbonyl (C=O) groups is 3. The smallest absolute Gasteiger partial charge is 0.339 e. The Bertz CT molecular complexity index is 925. The molecule has 27 heavy (non-hydrogen) atoms. The van der Waals surface area contributed by atoms with Crippen molar-refractivity contribution in [2.45, 2.75) is 13.5 Å². The fourth-order valence-electron chi connectivity index (χ4n) is 2.68. The minimum atomic E-state index is -0.978. The van der Waals surface area contributed by atoms with E-state index in [2.05, 4.69) is 0 Å². The second kappa shape index (κ2) is 7.24. The normalized spacial score (nSPS) is 14.0. The number of hydrogen-bond acceptors (Lipinski definition) is 6. The van der Waals surface area contributed by atoms with Crippen molar-refractivity contribution in [1.29, 1.82) is 0 Å².